The average molecular weight is 436 g/mol. The first-order valence-corrected chi connectivity index (χ1v) is 11.9. The van der Waals surface area contributed by atoms with E-state index in [4.69, 9.17) is 0 Å². The molecule has 1 fully saturated rings. The first-order chi connectivity index (χ1) is 15.0. The number of aliphatic hydroxyl groups excluding tert-OH is 1. The Bertz CT molecular complexity index is 1200. The van der Waals surface area contributed by atoms with Gasteiger partial charge in [-0.25, -0.2) is 8.42 Å². The number of fused-ring (bicyclic) bond motifs is 3. The summed E-state index contributed by atoms with van der Waals surface area (Å²) in [7, 11) is -3.71. The second kappa shape index (κ2) is 7.75. The lowest BCUT2D eigenvalue weighted by molar-refractivity contribution is -0.0485. The van der Waals surface area contributed by atoms with Crippen molar-refractivity contribution in [2.24, 2.45) is 0 Å². The van der Waals surface area contributed by atoms with E-state index in [2.05, 4.69) is 9.88 Å². The van der Waals surface area contributed by atoms with Gasteiger partial charge in [0.05, 0.1) is 29.4 Å². The maximum Gasteiger partial charge on any atom is 0.264 e. The van der Waals surface area contributed by atoms with Gasteiger partial charge in [-0.05, 0) is 48.4 Å². The van der Waals surface area contributed by atoms with Crippen molar-refractivity contribution in [1.29, 1.82) is 0 Å². The van der Waals surface area contributed by atoms with Gasteiger partial charge in [0, 0.05) is 30.7 Å². The summed E-state index contributed by atoms with van der Waals surface area (Å²) in [5.41, 5.74) is 3.50. The molecule has 2 aliphatic rings. The van der Waals surface area contributed by atoms with Crippen LogP contribution in [0.4, 0.5) is 5.69 Å². The number of nitrogens with zero attached hydrogens (tertiary/aromatic N) is 3. The van der Waals surface area contributed by atoms with Crippen LogP contribution in [-0.2, 0) is 16.6 Å². The van der Waals surface area contributed by atoms with E-state index in [-0.39, 0.29) is 24.6 Å². The Balaban J connectivity index is 1.55. The van der Waals surface area contributed by atoms with E-state index in [0.29, 0.717) is 23.7 Å². The van der Waals surface area contributed by atoms with E-state index in [1.54, 1.807) is 24.4 Å². The molecule has 3 heterocycles. The second-order valence-corrected chi connectivity index (χ2v) is 10.1. The Hall–Kier alpha value is -2.74. The number of aryl methyl sites for hydroxylation is 1. The minimum atomic E-state index is -3.71. The van der Waals surface area contributed by atoms with Gasteiger partial charge in [-0.15, -0.1) is 0 Å². The van der Waals surface area contributed by atoms with Crippen molar-refractivity contribution in [1.82, 2.24) is 9.88 Å². The van der Waals surface area contributed by atoms with E-state index in [9.17, 15) is 13.5 Å². The monoisotopic (exact) mass is 435 g/mol. The predicted molar refractivity (Wildman–Crippen MR) is 119 cm³/mol. The fourth-order valence-electron chi connectivity index (χ4n) is 4.97. The van der Waals surface area contributed by atoms with Crippen LogP contribution in [0.2, 0.25) is 0 Å². The second-order valence-electron chi connectivity index (χ2n) is 8.25. The highest BCUT2D eigenvalue weighted by molar-refractivity contribution is 7.92. The predicted octanol–water partition coefficient (Wildman–Crippen LogP) is 2.93. The maximum absolute atomic E-state index is 13.6. The fraction of sp³-hybridized carbons (Fsp3) is 0.292. The molecule has 0 aliphatic carbocycles. The molecule has 2 aromatic carbocycles. The van der Waals surface area contributed by atoms with Gasteiger partial charge in [0.2, 0.25) is 0 Å². The van der Waals surface area contributed by atoms with Crippen molar-refractivity contribution in [2.75, 3.05) is 17.5 Å². The molecule has 1 saturated heterocycles. The summed E-state index contributed by atoms with van der Waals surface area (Å²) >= 11 is 0. The van der Waals surface area contributed by atoms with Gasteiger partial charge >= 0.3 is 0 Å². The molecule has 1 aromatic heterocycles. The summed E-state index contributed by atoms with van der Waals surface area (Å²) in [4.78, 5) is 6.90. The summed E-state index contributed by atoms with van der Waals surface area (Å²) < 4.78 is 28.8. The van der Waals surface area contributed by atoms with Gasteiger partial charge in [-0.1, -0.05) is 36.4 Å². The lowest BCUT2D eigenvalue weighted by Crippen LogP contribution is -2.68. The number of aliphatic hydroxyl groups is 1. The minimum absolute atomic E-state index is 0.0198. The van der Waals surface area contributed by atoms with Crippen molar-refractivity contribution in [3.63, 3.8) is 0 Å². The van der Waals surface area contributed by atoms with Crippen LogP contribution in [0.15, 0.2) is 77.8 Å². The Labute approximate surface area is 182 Å². The summed E-state index contributed by atoms with van der Waals surface area (Å²) in [6.45, 7) is 2.84. The molecular weight excluding hydrogens is 410 g/mol. The molecule has 0 unspecified atom stereocenters. The van der Waals surface area contributed by atoms with Crippen LogP contribution in [0.3, 0.4) is 0 Å². The molecule has 160 valence electrons. The molecule has 1 N–H and O–H groups in total. The third-order valence-electron chi connectivity index (χ3n) is 6.43. The van der Waals surface area contributed by atoms with Crippen LogP contribution in [0.25, 0.3) is 0 Å². The number of aromatic nitrogens is 1. The van der Waals surface area contributed by atoms with E-state index in [1.165, 1.54) is 4.31 Å². The van der Waals surface area contributed by atoms with Crippen molar-refractivity contribution >= 4 is 15.7 Å². The van der Waals surface area contributed by atoms with Gasteiger partial charge in [0.25, 0.3) is 10.0 Å². The first kappa shape index (κ1) is 20.2. The smallest absolute Gasteiger partial charge is 0.264 e. The summed E-state index contributed by atoms with van der Waals surface area (Å²) in [5.74, 6) is 0.0915. The standard InChI is InChI=1S/C24H25N3O3S/c1-17-7-6-9-19(13-17)31(29,30)27-15-22-24(20-10-2-3-11-21(20)27)23(16-28)26(22)14-18-8-4-5-12-25-18/h2-13,22-24,28H,14-16H2,1H3/t22-,23+,24+/m0/s1. The van der Waals surface area contributed by atoms with Crippen LogP contribution in [0.1, 0.15) is 22.7 Å². The Morgan fingerprint density at radius 2 is 1.87 bits per heavy atom. The number of benzene rings is 2. The lowest BCUT2D eigenvalue weighted by Gasteiger charge is -2.59. The van der Waals surface area contributed by atoms with Crippen LogP contribution in [-0.4, -0.2) is 48.6 Å². The molecule has 0 spiro atoms. The van der Waals surface area contributed by atoms with E-state index in [0.717, 1.165) is 16.8 Å². The normalized spacial score (nSPS) is 23.0. The summed E-state index contributed by atoms with van der Waals surface area (Å²) in [6.07, 6.45) is 1.76. The van der Waals surface area contributed by atoms with Gasteiger partial charge in [0.1, 0.15) is 0 Å². The molecule has 0 radical (unpaired) electrons. The zero-order valence-electron chi connectivity index (χ0n) is 17.3. The third kappa shape index (κ3) is 3.33. The zero-order chi connectivity index (χ0) is 21.6. The SMILES string of the molecule is Cc1cccc(S(=O)(=O)N2C[C@H]3[C@@H](c4ccccc42)[C@@H](CO)N3Cc2ccccn2)c1. The van der Waals surface area contributed by atoms with E-state index >= 15 is 0 Å². The van der Waals surface area contributed by atoms with Crippen molar-refractivity contribution in [3.8, 4) is 0 Å². The van der Waals surface area contributed by atoms with E-state index < -0.39 is 10.0 Å². The van der Waals surface area contributed by atoms with E-state index in [1.807, 2.05) is 55.5 Å². The Morgan fingerprint density at radius 1 is 1.06 bits per heavy atom. The van der Waals surface area contributed by atoms with Crippen molar-refractivity contribution in [2.45, 2.75) is 36.4 Å². The molecular formula is C24H25N3O3S. The minimum Gasteiger partial charge on any atom is -0.395 e. The number of para-hydroxylation sites is 1. The molecule has 5 rings (SSSR count). The lowest BCUT2D eigenvalue weighted by atomic mass is 9.72. The van der Waals surface area contributed by atoms with Crippen LogP contribution in [0, 0.1) is 6.92 Å². The average Bonchev–Trinajstić information content (AvgIpc) is 2.78. The number of anilines is 1. The van der Waals surface area contributed by atoms with Crippen LogP contribution in [0.5, 0.6) is 0 Å². The van der Waals surface area contributed by atoms with Gasteiger partial charge in [-0.3, -0.25) is 14.2 Å². The van der Waals surface area contributed by atoms with Gasteiger partial charge < -0.3 is 5.11 Å². The quantitative estimate of drug-likeness (QED) is 0.667. The van der Waals surface area contributed by atoms with Crippen LogP contribution < -0.4 is 4.31 Å². The molecule has 0 saturated carbocycles. The molecule has 31 heavy (non-hydrogen) atoms. The maximum atomic E-state index is 13.6. The highest BCUT2D eigenvalue weighted by Crippen LogP contribution is 2.49. The van der Waals surface area contributed by atoms with Gasteiger partial charge in [-0.2, -0.15) is 0 Å². The number of pyridine rings is 1. The summed E-state index contributed by atoms with van der Waals surface area (Å²) in [5, 5.41) is 10.1. The molecule has 0 amide bonds. The molecule has 3 atom stereocenters. The van der Waals surface area contributed by atoms with Crippen molar-refractivity contribution in [3.05, 3.63) is 89.7 Å². The topological polar surface area (TPSA) is 73.7 Å². The number of rotatable bonds is 5. The fourth-order valence-corrected chi connectivity index (χ4v) is 6.59. The molecule has 6 nitrogen and oxygen atoms in total. The largest absolute Gasteiger partial charge is 0.395 e. The zero-order valence-corrected chi connectivity index (χ0v) is 18.1. The molecule has 3 aromatic rings. The summed E-state index contributed by atoms with van der Waals surface area (Å²) in [6, 6.07) is 20.4. The highest BCUT2D eigenvalue weighted by atomic mass is 32.2. The first-order valence-electron chi connectivity index (χ1n) is 10.5. The van der Waals surface area contributed by atoms with Gasteiger partial charge in [0.15, 0.2) is 0 Å². The Kier molecular flexibility index (Phi) is 5.04. The highest BCUT2D eigenvalue weighted by Gasteiger charge is 2.54. The molecule has 7 heteroatoms. The third-order valence-corrected chi connectivity index (χ3v) is 8.21. The van der Waals surface area contributed by atoms with Crippen LogP contribution >= 0.6 is 0 Å². The number of sulfonamides is 1. The number of likely N-dealkylation sites (tertiary alicyclic amines) is 1. The number of hydrogen-bond acceptors (Lipinski definition) is 5. The number of hydrogen-bond donors (Lipinski definition) is 1. The Morgan fingerprint density at radius 3 is 2.61 bits per heavy atom. The molecule has 2 aliphatic heterocycles. The van der Waals surface area contributed by atoms with Crippen molar-refractivity contribution < 1.29 is 13.5 Å². The molecule has 0 bridgehead atoms.